The summed E-state index contributed by atoms with van der Waals surface area (Å²) in [4.78, 5) is 20.4. The SMILES string of the molecule is NC(=O)c1cnc(Nc2ccc3c(c2)NC[C@H](O)CO3)nc1NCC1CCCC1.S. The normalized spacial score (nSPS) is 18.2. The van der Waals surface area contributed by atoms with Crippen LogP contribution in [-0.4, -0.2) is 46.8 Å². The van der Waals surface area contributed by atoms with Crippen LogP contribution in [0.5, 0.6) is 5.75 Å². The van der Waals surface area contributed by atoms with E-state index in [1.165, 1.54) is 31.9 Å². The standard InChI is InChI=1S/C20H26N6O3.H2S/c21-18(28)15-10-24-20(26-19(15)23-8-12-3-1-2-4-12)25-13-5-6-17-16(7-13)22-9-14(27)11-29-17;/h5-7,10,12,14,22,27H,1-4,8-9,11H2,(H2,21,28)(H2,23,24,25,26);1H2/t14-;/m0./s1. The molecular weight excluding hydrogens is 404 g/mol. The van der Waals surface area contributed by atoms with Crippen LogP contribution in [0.1, 0.15) is 36.0 Å². The number of nitrogens with two attached hydrogens (primary N) is 1. The summed E-state index contributed by atoms with van der Waals surface area (Å²) in [5, 5.41) is 19.3. The molecule has 9 nitrogen and oxygen atoms in total. The molecule has 2 aliphatic rings. The van der Waals surface area contributed by atoms with Gasteiger partial charge in [-0.2, -0.15) is 18.5 Å². The van der Waals surface area contributed by atoms with Gasteiger partial charge in [0, 0.05) is 25.0 Å². The Labute approximate surface area is 182 Å². The number of primary amides is 1. The molecule has 162 valence electrons. The number of carbonyl (C=O) groups excluding carboxylic acids is 1. The highest BCUT2D eigenvalue weighted by atomic mass is 32.1. The van der Waals surface area contributed by atoms with Gasteiger partial charge in [-0.3, -0.25) is 4.79 Å². The zero-order valence-corrected chi connectivity index (χ0v) is 17.6. The molecule has 1 aromatic carbocycles. The second kappa shape index (κ2) is 9.86. The van der Waals surface area contributed by atoms with Gasteiger partial charge < -0.3 is 31.5 Å². The second-order valence-electron chi connectivity index (χ2n) is 7.53. The van der Waals surface area contributed by atoms with Gasteiger partial charge in [-0.15, -0.1) is 0 Å². The molecule has 4 rings (SSSR count). The average Bonchev–Trinajstić information content (AvgIpc) is 3.16. The zero-order chi connectivity index (χ0) is 20.2. The Morgan fingerprint density at radius 3 is 2.90 bits per heavy atom. The number of aromatic nitrogens is 2. The Morgan fingerprint density at radius 2 is 2.13 bits per heavy atom. The van der Waals surface area contributed by atoms with E-state index in [-0.39, 0.29) is 25.7 Å². The smallest absolute Gasteiger partial charge is 0.254 e. The quantitative estimate of drug-likeness (QED) is 0.469. The number of amides is 1. The van der Waals surface area contributed by atoms with E-state index in [9.17, 15) is 9.90 Å². The van der Waals surface area contributed by atoms with Gasteiger partial charge in [-0.1, -0.05) is 12.8 Å². The lowest BCUT2D eigenvalue weighted by Crippen LogP contribution is -2.23. The third-order valence-electron chi connectivity index (χ3n) is 5.28. The molecule has 0 spiro atoms. The number of anilines is 4. The molecule has 0 bridgehead atoms. The van der Waals surface area contributed by atoms with Crippen molar-refractivity contribution in [2.45, 2.75) is 31.8 Å². The lowest BCUT2D eigenvalue weighted by molar-refractivity contribution is 0.100. The number of fused-ring (bicyclic) bond motifs is 1. The summed E-state index contributed by atoms with van der Waals surface area (Å²) in [5.74, 6) is 1.51. The fourth-order valence-electron chi connectivity index (χ4n) is 3.69. The maximum Gasteiger partial charge on any atom is 0.254 e. The summed E-state index contributed by atoms with van der Waals surface area (Å²) in [6, 6.07) is 5.53. The number of aliphatic hydroxyl groups is 1. The second-order valence-corrected chi connectivity index (χ2v) is 7.53. The van der Waals surface area contributed by atoms with Crippen molar-refractivity contribution in [1.29, 1.82) is 0 Å². The van der Waals surface area contributed by atoms with Crippen molar-refractivity contribution < 1.29 is 14.6 Å². The number of carbonyl (C=O) groups is 1. The minimum absolute atomic E-state index is 0. The minimum atomic E-state index is -0.560. The van der Waals surface area contributed by atoms with E-state index >= 15 is 0 Å². The molecule has 2 heterocycles. The van der Waals surface area contributed by atoms with Crippen LogP contribution in [0.25, 0.3) is 0 Å². The molecule has 0 radical (unpaired) electrons. The molecule has 0 unspecified atom stereocenters. The van der Waals surface area contributed by atoms with Crippen LogP contribution in [0, 0.1) is 5.92 Å². The summed E-state index contributed by atoms with van der Waals surface area (Å²) >= 11 is 0. The van der Waals surface area contributed by atoms with Gasteiger partial charge in [0.15, 0.2) is 0 Å². The van der Waals surface area contributed by atoms with E-state index in [4.69, 9.17) is 10.5 Å². The predicted octanol–water partition coefficient (Wildman–Crippen LogP) is 2.20. The number of ether oxygens (including phenoxy) is 1. The van der Waals surface area contributed by atoms with Gasteiger partial charge in [0.05, 0.1) is 11.3 Å². The number of rotatable bonds is 6. The van der Waals surface area contributed by atoms with Crippen LogP contribution in [0.4, 0.5) is 23.1 Å². The van der Waals surface area contributed by atoms with Crippen molar-refractivity contribution >= 4 is 42.5 Å². The van der Waals surface area contributed by atoms with Crippen molar-refractivity contribution in [3.05, 3.63) is 30.0 Å². The van der Waals surface area contributed by atoms with E-state index in [1.54, 1.807) is 0 Å². The van der Waals surface area contributed by atoms with Crippen LogP contribution in [-0.2, 0) is 0 Å². The summed E-state index contributed by atoms with van der Waals surface area (Å²) in [6.07, 6.45) is 5.76. The number of nitrogens with zero attached hydrogens (tertiary/aromatic N) is 2. The number of nitrogens with one attached hydrogen (secondary N) is 3. The fourth-order valence-corrected chi connectivity index (χ4v) is 3.69. The van der Waals surface area contributed by atoms with E-state index in [0.717, 1.165) is 17.9 Å². The molecule has 10 heteroatoms. The van der Waals surface area contributed by atoms with Crippen LogP contribution in [0.15, 0.2) is 24.4 Å². The molecule has 1 amide bonds. The Balaban J connectivity index is 0.00000256. The van der Waals surface area contributed by atoms with Crippen molar-refractivity contribution in [1.82, 2.24) is 9.97 Å². The van der Waals surface area contributed by atoms with Crippen molar-refractivity contribution in [3.8, 4) is 5.75 Å². The molecule has 1 atom stereocenters. The van der Waals surface area contributed by atoms with Crippen LogP contribution in [0.2, 0.25) is 0 Å². The van der Waals surface area contributed by atoms with Crippen molar-refractivity contribution in [2.75, 3.05) is 35.6 Å². The first-order valence-corrected chi connectivity index (χ1v) is 9.95. The van der Waals surface area contributed by atoms with E-state index in [0.29, 0.717) is 30.0 Å². The molecule has 1 saturated carbocycles. The third-order valence-corrected chi connectivity index (χ3v) is 5.28. The first-order valence-electron chi connectivity index (χ1n) is 9.95. The summed E-state index contributed by atoms with van der Waals surface area (Å²) < 4.78 is 5.57. The molecule has 1 aliphatic heterocycles. The molecule has 1 aliphatic carbocycles. The van der Waals surface area contributed by atoms with Crippen LogP contribution < -0.4 is 26.4 Å². The number of hydrogen-bond acceptors (Lipinski definition) is 8. The van der Waals surface area contributed by atoms with Gasteiger partial charge in [0.25, 0.3) is 5.91 Å². The topological polar surface area (TPSA) is 134 Å². The van der Waals surface area contributed by atoms with Gasteiger partial charge in [0.1, 0.15) is 24.3 Å². The van der Waals surface area contributed by atoms with Gasteiger partial charge in [-0.25, -0.2) is 4.98 Å². The lowest BCUT2D eigenvalue weighted by Gasteiger charge is -2.15. The van der Waals surface area contributed by atoms with Gasteiger partial charge >= 0.3 is 0 Å². The number of aliphatic hydroxyl groups excluding tert-OH is 1. The van der Waals surface area contributed by atoms with Gasteiger partial charge in [-0.05, 0) is 37.0 Å². The minimum Gasteiger partial charge on any atom is -0.489 e. The third kappa shape index (κ3) is 5.25. The first kappa shape index (κ1) is 22.0. The van der Waals surface area contributed by atoms with Gasteiger partial charge in [0.2, 0.25) is 5.95 Å². The summed E-state index contributed by atoms with van der Waals surface area (Å²) in [5.41, 5.74) is 7.29. The highest BCUT2D eigenvalue weighted by Gasteiger charge is 2.18. The highest BCUT2D eigenvalue weighted by molar-refractivity contribution is 7.59. The number of benzene rings is 1. The predicted molar refractivity (Wildman–Crippen MR) is 121 cm³/mol. The van der Waals surface area contributed by atoms with Crippen molar-refractivity contribution in [3.63, 3.8) is 0 Å². The number of hydrogen-bond donors (Lipinski definition) is 5. The Hall–Kier alpha value is -2.72. The van der Waals surface area contributed by atoms with Crippen LogP contribution >= 0.6 is 13.5 Å². The molecular formula is C20H28N6O3S. The van der Waals surface area contributed by atoms with E-state index < -0.39 is 12.0 Å². The Kier molecular flexibility index (Phi) is 7.22. The maximum atomic E-state index is 11.7. The molecule has 6 N–H and O–H groups in total. The Morgan fingerprint density at radius 1 is 1.33 bits per heavy atom. The summed E-state index contributed by atoms with van der Waals surface area (Å²) in [7, 11) is 0. The van der Waals surface area contributed by atoms with E-state index in [1.807, 2.05) is 18.2 Å². The Bertz CT molecular complexity index is 891. The average molecular weight is 433 g/mol. The first-order chi connectivity index (χ1) is 14.1. The lowest BCUT2D eigenvalue weighted by atomic mass is 10.1. The van der Waals surface area contributed by atoms with E-state index in [2.05, 4.69) is 25.9 Å². The molecule has 1 fully saturated rings. The largest absolute Gasteiger partial charge is 0.489 e. The molecule has 2 aromatic rings. The maximum absolute atomic E-state index is 11.7. The zero-order valence-electron chi connectivity index (χ0n) is 16.6. The van der Waals surface area contributed by atoms with Crippen LogP contribution in [0.3, 0.4) is 0 Å². The fraction of sp³-hybridized carbons (Fsp3) is 0.450. The monoisotopic (exact) mass is 432 g/mol. The molecule has 1 aromatic heterocycles. The highest BCUT2D eigenvalue weighted by Crippen LogP contribution is 2.31. The molecule has 30 heavy (non-hydrogen) atoms. The molecule has 0 saturated heterocycles. The van der Waals surface area contributed by atoms with Crippen molar-refractivity contribution in [2.24, 2.45) is 11.7 Å². The number of β-amino-alcohol motifs (C(OH)–C–C–N with tert-alkyl or cyclic N) is 1. The summed E-state index contributed by atoms with van der Waals surface area (Å²) in [6.45, 7) is 1.43.